The number of carbonyl (C=O) groups excluding carboxylic acids is 1. The Balaban J connectivity index is 2.64. The lowest BCUT2D eigenvalue weighted by molar-refractivity contribution is 0.152. The average molecular weight is 208 g/mol. The molecule has 0 aromatic carbocycles. The Hall–Kier alpha value is -2.11. The summed E-state index contributed by atoms with van der Waals surface area (Å²) in [5.74, 6) is -0.790. The van der Waals surface area contributed by atoms with Crippen LogP contribution >= 0.6 is 0 Å². The highest BCUT2D eigenvalue weighted by molar-refractivity contribution is 5.82. The molecule has 2 heterocycles. The molecular formula is C9H8N2O4. The Morgan fingerprint density at radius 3 is 3.20 bits per heavy atom. The highest BCUT2D eigenvalue weighted by Gasteiger charge is 2.17. The Morgan fingerprint density at radius 1 is 1.67 bits per heavy atom. The van der Waals surface area contributed by atoms with Crippen LogP contribution in [0.1, 0.15) is 6.92 Å². The first-order valence-electron chi connectivity index (χ1n) is 4.37. The van der Waals surface area contributed by atoms with Gasteiger partial charge in [0.05, 0.1) is 6.61 Å². The zero-order valence-electron chi connectivity index (χ0n) is 7.97. The normalized spacial score (nSPS) is 10.5. The second-order valence-electron chi connectivity index (χ2n) is 2.73. The van der Waals surface area contributed by atoms with Crippen molar-refractivity contribution in [3.05, 3.63) is 28.9 Å². The van der Waals surface area contributed by atoms with E-state index in [0.717, 1.165) is 4.57 Å². The minimum absolute atomic E-state index is 0.168. The van der Waals surface area contributed by atoms with E-state index in [0.29, 0.717) is 0 Å². The van der Waals surface area contributed by atoms with E-state index in [4.69, 9.17) is 9.15 Å². The first-order chi connectivity index (χ1) is 7.24. The van der Waals surface area contributed by atoms with Gasteiger partial charge in [0.15, 0.2) is 11.2 Å². The molecule has 0 bridgehead atoms. The number of rotatable bonds is 1. The zero-order chi connectivity index (χ0) is 10.8. The summed E-state index contributed by atoms with van der Waals surface area (Å²) in [6, 6.07) is 3.17. The second-order valence-corrected chi connectivity index (χ2v) is 2.73. The number of hydrogen-bond donors (Lipinski definition) is 0. The first-order valence-corrected chi connectivity index (χ1v) is 4.37. The Bertz CT molecular complexity index is 554. The number of hydrogen-bond acceptors (Lipinski definition) is 5. The number of aromatic nitrogens is 2. The van der Waals surface area contributed by atoms with E-state index < -0.39 is 11.8 Å². The van der Waals surface area contributed by atoms with Gasteiger partial charge in [0.25, 0.3) is 0 Å². The van der Waals surface area contributed by atoms with Crippen molar-refractivity contribution in [2.24, 2.45) is 0 Å². The van der Waals surface area contributed by atoms with Crippen LogP contribution < -0.4 is 5.76 Å². The molecule has 0 saturated carbocycles. The van der Waals surface area contributed by atoms with Crippen LogP contribution in [0.3, 0.4) is 0 Å². The molecule has 0 unspecified atom stereocenters. The number of nitrogens with zero attached hydrogens (tertiary/aromatic N) is 2. The van der Waals surface area contributed by atoms with Crippen molar-refractivity contribution in [1.82, 2.24) is 9.55 Å². The number of fused-ring (bicyclic) bond motifs is 1. The van der Waals surface area contributed by atoms with Gasteiger partial charge >= 0.3 is 11.8 Å². The van der Waals surface area contributed by atoms with E-state index in [1.165, 1.54) is 6.20 Å². The molecule has 0 aliphatic carbocycles. The Kier molecular flexibility index (Phi) is 2.24. The van der Waals surface area contributed by atoms with E-state index >= 15 is 0 Å². The van der Waals surface area contributed by atoms with E-state index in [2.05, 4.69) is 4.98 Å². The van der Waals surface area contributed by atoms with Gasteiger partial charge in [0, 0.05) is 6.20 Å². The minimum Gasteiger partial charge on any atom is -0.449 e. The molecule has 0 saturated heterocycles. The fourth-order valence-electron chi connectivity index (χ4n) is 1.21. The maximum absolute atomic E-state index is 11.4. The maximum Gasteiger partial charge on any atom is 0.431 e. The smallest absolute Gasteiger partial charge is 0.431 e. The van der Waals surface area contributed by atoms with Crippen LogP contribution in [0.2, 0.25) is 0 Å². The molecule has 0 spiro atoms. The van der Waals surface area contributed by atoms with Crippen LogP contribution in [0.15, 0.2) is 27.5 Å². The third-order valence-electron chi connectivity index (χ3n) is 1.79. The molecule has 2 rings (SSSR count). The lowest BCUT2D eigenvalue weighted by Gasteiger charge is -1.99. The summed E-state index contributed by atoms with van der Waals surface area (Å²) >= 11 is 0. The quantitative estimate of drug-likeness (QED) is 0.698. The van der Waals surface area contributed by atoms with Gasteiger partial charge in [0.2, 0.25) is 0 Å². The molecule has 0 fully saturated rings. The van der Waals surface area contributed by atoms with Gasteiger partial charge in [-0.3, -0.25) is 0 Å². The molecule has 6 heteroatoms. The number of ether oxygens (including phenoxy) is 1. The second kappa shape index (κ2) is 3.56. The van der Waals surface area contributed by atoms with Gasteiger partial charge < -0.3 is 9.15 Å². The van der Waals surface area contributed by atoms with E-state index in [9.17, 15) is 9.59 Å². The third kappa shape index (κ3) is 1.50. The van der Waals surface area contributed by atoms with Gasteiger partial charge in [0.1, 0.15) is 0 Å². The van der Waals surface area contributed by atoms with Gasteiger partial charge in [-0.25, -0.2) is 14.6 Å². The van der Waals surface area contributed by atoms with Crippen molar-refractivity contribution in [3.8, 4) is 0 Å². The highest BCUT2D eigenvalue weighted by Crippen LogP contribution is 2.08. The summed E-state index contributed by atoms with van der Waals surface area (Å²) < 4.78 is 10.3. The van der Waals surface area contributed by atoms with Gasteiger partial charge in [-0.2, -0.15) is 4.57 Å². The molecule has 2 aromatic heterocycles. The highest BCUT2D eigenvalue weighted by atomic mass is 16.6. The fourth-order valence-corrected chi connectivity index (χ4v) is 1.21. The molecule has 15 heavy (non-hydrogen) atoms. The molecular weight excluding hydrogens is 200 g/mol. The molecule has 0 aliphatic heterocycles. The summed E-state index contributed by atoms with van der Waals surface area (Å²) in [7, 11) is 0. The maximum atomic E-state index is 11.4. The van der Waals surface area contributed by atoms with Crippen LogP contribution in [-0.4, -0.2) is 22.3 Å². The number of pyridine rings is 1. The molecule has 2 aromatic rings. The predicted octanol–water partition coefficient (Wildman–Crippen LogP) is 0.994. The van der Waals surface area contributed by atoms with E-state index in [1.807, 2.05) is 0 Å². The molecule has 6 nitrogen and oxygen atoms in total. The van der Waals surface area contributed by atoms with Crippen LogP contribution in [0.4, 0.5) is 4.79 Å². The Labute approximate surface area is 84.1 Å². The van der Waals surface area contributed by atoms with Crippen molar-refractivity contribution in [2.45, 2.75) is 6.92 Å². The summed E-state index contributed by atoms with van der Waals surface area (Å²) in [6.07, 6.45) is 0.687. The van der Waals surface area contributed by atoms with Gasteiger partial charge in [-0.15, -0.1) is 0 Å². The van der Waals surface area contributed by atoms with E-state index in [-0.39, 0.29) is 17.8 Å². The molecule has 0 radical (unpaired) electrons. The molecule has 0 atom stereocenters. The fraction of sp³-hybridized carbons (Fsp3) is 0.222. The monoisotopic (exact) mass is 208 g/mol. The minimum atomic E-state index is -0.790. The predicted molar refractivity (Wildman–Crippen MR) is 50.7 cm³/mol. The van der Waals surface area contributed by atoms with Crippen molar-refractivity contribution in [1.29, 1.82) is 0 Å². The lowest BCUT2D eigenvalue weighted by Crippen LogP contribution is -2.24. The van der Waals surface area contributed by atoms with Gasteiger partial charge in [-0.1, -0.05) is 0 Å². The van der Waals surface area contributed by atoms with Crippen LogP contribution in [0.25, 0.3) is 11.2 Å². The number of carbonyl (C=O) groups is 1. The van der Waals surface area contributed by atoms with Crippen molar-refractivity contribution >= 4 is 17.3 Å². The molecule has 78 valence electrons. The van der Waals surface area contributed by atoms with Gasteiger partial charge in [-0.05, 0) is 19.1 Å². The van der Waals surface area contributed by atoms with E-state index in [1.54, 1.807) is 19.1 Å². The SMILES string of the molecule is CCOC(=O)n1c(=O)oc2cccnc21. The zero-order valence-corrected chi connectivity index (χ0v) is 7.97. The lowest BCUT2D eigenvalue weighted by atomic mass is 10.5. The molecule has 0 amide bonds. The van der Waals surface area contributed by atoms with Crippen molar-refractivity contribution in [2.75, 3.05) is 6.61 Å². The Morgan fingerprint density at radius 2 is 2.47 bits per heavy atom. The standard InChI is InChI=1S/C9H8N2O4/c1-2-14-8(12)11-7-6(15-9(11)13)4-3-5-10-7/h3-5H,2H2,1H3. The summed E-state index contributed by atoms with van der Waals surface area (Å²) in [6.45, 7) is 1.84. The molecule has 0 N–H and O–H groups in total. The van der Waals surface area contributed by atoms with Crippen LogP contribution in [-0.2, 0) is 4.74 Å². The summed E-state index contributed by atoms with van der Waals surface area (Å²) in [5, 5.41) is 0. The largest absolute Gasteiger partial charge is 0.449 e. The summed E-state index contributed by atoms with van der Waals surface area (Å²) in [4.78, 5) is 26.6. The number of oxazole rings is 1. The summed E-state index contributed by atoms with van der Waals surface area (Å²) in [5.41, 5.74) is 0.427. The van der Waals surface area contributed by atoms with Crippen LogP contribution in [0.5, 0.6) is 0 Å². The van der Waals surface area contributed by atoms with Crippen LogP contribution in [0, 0.1) is 0 Å². The third-order valence-corrected chi connectivity index (χ3v) is 1.79. The molecule has 0 aliphatic rings. The topological polar surface area (TPSA) is 74.3 Å². The van der Waals surface area contributed by atoms with Crippen molar-refractivity contribution < 1.29 is 13.9 Å². The average Bonchev–Trinajstić information content (AvgIpc) is 2.54. The van der Waals surface area contributed by atoms with Crippen molar-refractivity contribution in [3.63, 3.8) is 0 Å². The first kappa shape index (κ1) is 9.45.